The fourth-order valence-corrected chi connectivity index (χ4v) is 4.11. The first-order valence-electron chi connectivity index (χ1n) is 10.3. The molecule has 1 amide bonds. The number of ether oxygens (including phenoxy) is 2. The minimum Gasteiger partial charge on any atom is -0.497 e. The minimum atomic E-state index is -4.14. The third-order valence-electron chi connectivity index (χ3n) is 4.59. The third-order valence-corrected chi connectivity index (χ3v) is 6.37. The SMILES string of the molecule is CCOc1cc(/C=C(\C#N)C(=O)Nc2ccc(Br)cc2)ccc1OS(=O)(=O)c1ccc(OC)cc1. The topological polar surface area (TPSA) is 115 Å². The van der Waals surface area contributed by atoms with E-state index in [0.29, 0.717) is 17.0 Å². The predicted molar refractivity (Wildman–Crippen MR) is 135 cm³/mol. The molecular weight excluding hydrogens is 536 g/mol. The van der Waals surface area contributed by atoms with Gasteiger partial charge in [0.15, 0.2) is 11.5 Å². The van der Waals surface area contributed by atoms with Crippen molar-refractivity contribution in [2.24, 2.45) is 0 Å². The Morgan fingerprint density at radius 1 is 1.06 bits per heavy atom. The van der Waals surface area contributed by atoms with Crippen LogP contribution in [0.1, 0.15) is 12.5 Å². The molecule has 0 heterocycles. The predicted octanol–water partition coefficient (Wildman–Crippen LogP) is 5.17. The lowest BCUT2D eigenvalue weighted by Crippen LogP contribution is -2.13. The Morgan fingerprint density at radius 3 is 2.34 bits per heavy atom. The Hall–Kier alpha value is -3.81. The molecule has 10 heteroatoms. The van der Waals surface area contributed by atoms with Crippen LogP contribution in [-0.2, 0) is 14.9 Å². The van der Waals surface area contributed by atoms with Crippen molar-refractivity contribution in [2.45, 2.75) is 11.8 Å². The van der Waals surface area contributed by atoms with Crippen LogP contribution in [0, 0.1) is 11.3 Å². The Balaban J connectivity index is 1.85. The summed E-state index contributed by atoms with van der Waals surface area (Å²) in [6.45, 7) is 1.97. The van der Waals surface area contributed by atoms with Crippen molar-refractivity contribution in [3.63, 3.8) is 0 Å². The smallest absolute Gasteiger partial charge is 0.339 e. The van der Waals surface area contributed by atoms with E-state index in [1.165, 1.54) is 55.7 Å². The van der Waals surface area contributed by atoms with Crippen LogP contribution < -0.4 is 19.0 Å². The molecule has 0 aliphatic rings. The lowest BCUT2D eigenvalue weighted by Gasteiger charge is -2.13. The van der Waals surface area contributed by atoms with Crippen LogP contribution >= 0.6 is 15.9 Å². The van der Waals surface area contributed by atoms with E-state index in [0.717, 1.165) is 4.47 Å². The zero-order chi connectivity index (χ0) is 25.4. The van der Waals surface area contributed by atoms with Gasteiger partial charge in [0.25, 0.3) is 5.91 Å². The number of benzene rings is 3. The van der Waals surface area contributed by atoms with Gasteiger partial charge in [-0.25, -0.2) is 0 Å². The molecule has 0 spiro atoms. The monoisotopic (exact) mass is 556 g/mol. The van der Waals surface area contributed by atoms with Crippen LogP contribution in [0.3, 0.4) is 0 Å². The summed E-state index contributed by atoms with van der Waals surface area (Å²) < 4.78 is 42.2. The van der Waals surface area contributed by atoms with Gasteiger partial charge in [-0.2, -0.15) is 13.7 Å². The average Bonchev–Trinajstić information content (AvgIpc) is 2.85. The van der Waals surface area contributed by atoms with E-state index in [4.69, 9.17) is 13.7 Å². The van der Waals surface area contributed by atoms with Crippen LogP contribution in [-0.4, -0.2) is 28.0 Å². The number of carbonyl (C=O) groups excluding carboxylic acids is 1. The highest BCUT2D eigenvalue weighted by atomic mass is 79.9. The molecule has 0 radical (unpaired) electrons. The van der Waals surface area contributed by atoms with Gasteiger partial charge in [0.1, 0.15) is 22.3 Å². The normalized spacial score (nSPS) is 11.3. The number of methoxy groups -OCH3 is 1. The Morgan fingerprint density at radius 2 is 1.74 bits per heavy atom. The van der Waals surface area contributed by atoms with Crippen molar-refractivity contribution in [3.05, 3.63) is 82.3 Å². The van der Waals surface area contributed by atoms with Gasteiger partial charge in [0.05, 0.1) is 13.7 Å². The quantitative estimate of drug-likeness (QED) is 0.219. The molecule has 0 aromatic heterocycles. The van der Waals surface area contributed by atoms with E-state index in [1.54, 1.807) is 31.2 Å². The minimum absolute atomic E-state index is 0.0300. The molecular formula is C25H21BrN2O6S. The van der Waals surface area contributed by atoms with Gasteiger partial charge in [-0.3, -0.25) is 4.79 Å². The molecule has 180 valence electrons. The summed E-state index contributed by atoms with van der Waals surface area (Å²) in [6.07, 6.45) is 1.37. The largest absolute Gasteiger partial charge is 0.497 e. The van der Waals surface area contributed by atoms with Crippen molar-refractivity contribution < 1.29 is 26.9 Å². The van der Waals surface area contributed by atoms with Gasteiger partial charge in [-0.1, -0.05) is 22.0 Å². The molecule has 0 saturated heterocycles. The van der Waals surface area contributed by atoms with Gasteiger partial charge >= 0.3 is 10.1 Å². The number of carbonyl (C=O) groups is 1. The Labute approximate surface area is 212 Å². The number of hydrogen-bond donors (Lipinski definition) is 1. The van der Waals surface area contributed by atoms with Crippen molar-refractivity contribution in [1.29, 1.82) is 5.26 Å². The molecule has 0 saturated carbocycles. The zero-order valence-corrected chi connectivity index (χ0v) is 21.2. The number of nitrogens with one attached hydrogen (secondary N) is 1. The van der Waals surface area contributed by atoms with Crippen molar-refractivity contribution in [3.8, 4) is 23.3 Å². The first-order chi connectivity index (χ1) is 16.7. The number of nitrogens with zero attached hydrogens (tertiary/aromatic N) is 1. The Kier molecular flexibility index (Phi) is 8.52. The van der Waals surface area contributed by atoms with Crippen LogP contribution in [0.2, 0.25) is 0 Å². The molecule has 1 N–H and O–H groups in total. The molecule has 35 heavy (non-hydrogen) atoms. The van der Waals surface area contributed by atoms with Gasteiger partial charge in [0.2, 0.25) is 0 Å². The maximum atomic E-state index is 12.7. The molecule has 3 aromatic carbocycles. The van der Waals surface area contributed by atoms with Crippen molar-refractivity contribution in [1.82, 2.24) is 0 Å². The first kappa shape index (κ1) is 25.8. The summed E-state index contributed by atoms with van der Waals surface area (Å²) in [4.78, 5) is 12.5. The van der Waals surface area contributed by atoms with E-state index in [-0.39, 0.29) is 28.6 Å². The average molecular weight is 557 g/mol. The summed E-state index contributed by atoms with van der Waals surface area (Å²) in [7, 11) is -2.66. The second-order valence-corrected chi connectivity index (χ2v) is 9.44. The zero-order valence-electron chi connectivity index (χ0n) is 18.8. The molecule has 8 nitrogen and oxygen atoms in total. The van der Waals surface area contributed by atoms with Gasteiger partial charge < -0.3 is 19.0 Å². The maximum Gasteiger partial charge on any atom is 0.339 e. The van der Waals surface area contributed by atoms with Crippen LogP contribution in [0.4, 0.5) is 5.69 Å². The van der Waals surface area contributed by atoms with E-state index in [9.17, 15) is 18.5 Å². The van der Waals surface area contributed by atoms with E-state index in [2.05, 4.69) is 21.2 Å². The second-order valence-electron chi connectivity index (χ2n) is 6.98. The number of rotatable bonds is 9. The summed E-state index contributed by atoms with van der Waals surface area (Å²) in [5, 5.41) is 12.1. The van der Waals surface area contributed by atoms with E-state index in [1.807, 2.05) is 6.07 Å². The fourth-order valence-electron chi connectivity index (χ4n) is 2.91. The van der Waals surface area contributed by atoms with Crippen molar-refractivity contribution in [2.75, 3.05) is 19.0 Å². The van der Waals surface area contributed by atoms with Gasteiger partial charge in [0, 0.05) is 10.2 Å². The summed E-state index contributed by atoms with van der Waals surface area (Å²) in [5.41, 5.74) is 0.835. The van der Waals surface area contributed by atoms with Gasteiger partial charge in [-0.05, 0) is 79.2 Å². The molecule has 0 aliphatic heterocycles. The molecule has 0 atom stereocenters. The highest BCUT2D eigenvalue weighted by molar-refractivity contribution is 9.10. The van der Waals surface area contributed by atoms with Crippen LogP contribution in [0.5, 0.6) is 17.2 Å². The van der Waals surface area contributed by atoms with E-state index < -0.39 is 16.0 Å². The van der Waals surface area contributed by atoms with Crippen LogP contribution in [0.15, 0.2) is 81.7 Å². The number of halogens is 1. The van der Waals surface area contributed by atoms with Crippen molar-refractivity contribution >= 4 is 43.7 Å². The number of anilines is 1. The molecule has 3 aromatic rings. The van der Waals surface area contributed by atoms with Crippen LogP contribution in [0.25, 0.3) is 6.08 Å². The highest BCUT2D eigenvalue weighted by Crippen LogP contribution is 2.32. The lowest BCUT2D eigenvalue weighted by atomic mass is 10.1. The summed E-state index contributed by atoms with van der Waals surface area (Å²) >= 11 is 3.32. The highest BCUT2D eigenvalue weighted by Gasteiger charge is 2.20. The second kappa shape index (κ2) is 11.6. The Bertz CT molecular complexity index is 1380. The molecule has 3 rings (SSSR count). The molecule has 0 bridgehead atoms. The maximum absolute atomic E-state index is 12.7. The lowest BCUT2D eigenvalue weighted by molar-refractivity contribution is -0.112. The standard InChI is InChI=1S/C25H21BrN2O6S/c1-3-33-24-15-17(14-18(16-27)25(29)28-20-7-5-19(26)6-8-20)4-13-23(24)34-35(30,31)22-11-9-21(32-2)10-12-22/h4-15H,3H2,1-2H3,(H,28,29)/b18-14+. The fraction of sp³-hybridized carbons (Fsp3) is 0.120. The third kappa shape index (κ3) is 6.85. The number of nitriles is 1. The summed E-state index contributed by atoms with van der Waals surface area (Å²) in [6, 6.07) is 19.0. The molecule has 0 fully saturated rings. The number of hydrogen-bond acceptors (Lipinski definition) is 7. The van der Waals surface area contributed by atoms with E-state index >= 15 is 0 Å². The molecule has 0 aliphatic carbocycles. The van der Waals surface area contributed by atoms with Gasteiger partial charge in [-0.15, -0.1) is 0 Å². The first-order valence-corrected chi connectivity index (χ1v) is 12.5. The summed E-state index contributed by atoms with van der Waals surface area (Å²) in [5.74, 6) is 0.0318. The molecule has 0 unspecified atom stereocenters. The number of amides is 1.